The summed E-state index contributed by atoms with van der Waals surface area (Å²) in [6, 6.07) is 0.439. The van der Waals surface area contributed by atoms with E-state index in [1.165, 1.54) is 0 Å². The van der Waals surface area contributed by atoms with Crippen LogP contribution in [0.4, 0.5) is 0 Å². The van der Waals surface area contributed by atoms with Crippen molar-refractivity contribution in [3.63, 3.8) is 0 Å². The van der Waals surface area contributed by atoms with E-state index < -0.39 is 0 Å². The van der Waals surface area contributed by atoms with Crippen molar-refractivity contribution in [2.45, 2.75) is 58.4 Å². The summed E-state index contributed by atoms with van der Waals surface area (Å²) in [5.74, 6) is 1.14. The molecule has 0 atom stereocenters. The number of nitrogens with one attached hydrogen (secondary N) is 2. The molecular weight excluding hydrogens is 384 g/mol. The lowest BCUT2D eigenvalue weighted by molar-refractivity contribution is -0.122. The Morgan fingerprint density at radius 2 is 2.00 bits per heavy atom. The van der Waals surface area contributed by atoms with E-state index in [2.05, 4.69) is 53.5 Å². The number of carbonyl (C=O) groups excluding carboxylic acids is 1. The van der Waals surface area contributed by atoms with Crippen LogP contribution in [0, 0.1) is 0 Å². The molecule has 2 N–H and O–H groups in total. The average Bonchev–Trinajstić information content (AvgIpc) is 3.33. The van der Waals surface area contributed by atoms with Crippen molar-refractivity contribution >= 4 is 23.2 Å². The standard InChI is InChI=1S/C21H36N6OS/c1-5-22-20(23-9-8-19-25-17(15-29-19)21(2,3)4)27-12-10-26(11-13-27)14-18(28)24-16-6-7-16/h15-16H,5-14H2,1-4H3,(H,22,23)(H,24,28). The summed E-state index contributed by atoms with van der Waals surface area (Å²) in [7, 11) is 0. The van der Waals surface area contributed by atoms with E-state index in [0.29, 0.717) is 12.6 Å². The summed E-state index contributed by atoms with van der Waals surface area (Å²) in [5, 5.41) is 9.82. The van der Waals surface area contributed by atoms with Gasteiger partial charge in [0.1, 0.15) is 0 Å². The maximum absolute atomic E-state index is 12.0. The van der Waals surface area contributed by atoms with Gasteiger partial charge in [-0.25, -0.2) is 4.98 Å². The normalized spacial score (nSPS) is 18.8. The zero-order chi connectivity index (χ0) is 20.9. The van der Waals surface area contributed by atoms with Crippen molar-refractivity contribution in [1.82, 2.24) is 25.4 Å². The molecule has 2 aliphatic rings. The number of guanidine groups is 1. The Morgan fingerprint density at radius 1 is 1.28 bits per heavy atom. The lowest BCUT2D eigenvalue weighted by atomic mass is 9.93. The first-order chi connectivity index (χ1) is 13.8. The molecule has 3 rings (SSSR count). The second-order valence-electron chi connectivity index (χ2n) is 8.97. The molecule has 1 aliphatic carbocycles. The first-order valence-corrected chi connectivity index (χ1v) is 11.7. The van der Waals surface area contributed by atoms with Crippen LogP contribution in [0.15, 0.2) is 10.4 Å². The van der Waals surface area contributed by atoms with Crippen molar-refractivity contribution in [1.29, 1.82) is 0 Å². The summed E-state index contributed by atoms with van der Waals surface area (Å²) in [4.78, 5) is 26.2. The first-order valence-electron chi connectivity index (χ1n) is 10.8. The molecule has 2 heterocycles. The zero-order valence-corrected chi connectivity index (χ0v) is 19.1. The number of nitrogens with zero attached hydrogens (tertiary/aromatic N) is 4. The van der Waals surface area contributed by atoms with Crippen molar-refractivity contribution in [2.24, 2.45) is 4.99 Å². The van der Waals surface area contributed by atoms with E-state index in [4.69, 9.17) is 9.98 Å². The second-order valence-corrected chi connectivity index (χ2v) is 9.91. The van der Waals surface area contributed by atoms with Crippen LogP contribution in [-0.4, -0.2) is 78.5 Å². The molecule has 0 radical (unpaired) electrons. The number of piperazine rings is 1. The van der Waals surface area contributed by atoms with Gasteiger partial charge in [0.2, 0.25) is 5.91 Å². The van der Waals surface area contributed by atoms with Crippen LogP contribution in [0.3, 0.4) is 0 Å². The smallest absolute Gasteiger partial charge is 0.234 e. The van der Waals surface area contributed by atoms with Crippen LogP contribution in [0.1, 0.15) is 51.2 Å². The summed E-state index contributed by atoms with van der Waals surface area (Å²) in [5.41, 5.74) is 1.26. The van der Waals surface area contributed by atoms with Crippen LogP contribution in [0.25, 0.3) is 0 Å². The molecule has 0 spiro atoms. The van der Waals surface area contributed by atoms with Gasteiger partial charge in [0.25, 0.3) is 0 Å². The third-order valence-electron chi connectivity index (χ3n) is 5.22. The third-order valence-corrected chi connectivity index (χ3v) is 6.13. The first kappa shape index (κ1) is 22.0. The second kappa shape index (κ2) is 9.89. The molecule has 162 valence electrons. The molecule has 1 aromatic heterocycles. The minimum absolute atomic E-state index is 0.0994. The van der Waals surface area contributed by atoms with E-state index in [1.54, 1.807) is 11.3 Å². The van der Waals surface area contributed by atoms with E-state index in [0.717, 1.165) is 75.2 Å². The number of thiazole rings is 1. The summed E-state index contributed by atoms with van der Waals surface area (Å²) >= 11 is 1.73. The molecule has 1 amide bonds. The molecule has 8 heteroatoms. The number of amides is 1. The van der Waals surface area contributed by atoms with Crippen molar-refractivity contribution in [3.05, 3.63) is 16.1 Å². The van der Waals surface area contributed by atoms with E-state index in [1.807, 2.05) is 0 Å². The number of carbonyl (C=O) groups is 1. The molecule has 29 heavy (non-hydrogen) atoms. The largest absolute Gasteiger partial charge is 0.357 e. The maximum Gasteiger partial charge on any atom is 0.234 e. The van der Waals surface area contributed by atoms with Crippen molar-refractivity contribution in [3.8, 4) is 0 Å². The molecular formula is C21H36N6OS. The minimum Gasteiger partial charge on any atom is -0.357 e. The summed E-state index contributed by atoms with van der Waals surface area (Å²) < 4.78 is 0. The van der Waals surface area contributed by atoms with Gasteiger partial charge in [0.15, 0.2) is 5.96 Å². The van der Waals surface area contributed by atoms with E-state index in [-0.39, 0.29) is 11.3 Å². The average molecular weight is 421 g/mol. The topological polar surface area (TPSA) is 72.9 Å². The fourth-order valence-corrected chi connectivity index (χ4v) is 4.29. The predicted molar refractivity (Wildman–Crippen MR) is 120 cm³/mol. The lowest BCUT2D eigenvalue weighted by Gasteiger charge is -2.36. The van der Waals surface area contributed by atoms with Crippen LogP contribution < -0.4 is 10.6 Å². The number of aromatic nitrogens is 1. The number of aliphatic imine (C=N–C) groups is 1. The van der Waals surface area contributed by atoms with Crippen LogP contribution in [0.2, 0.25) is 0 Å². The Hall–Kier alpha value is -1.67. The fraction of sp³-hybridized carbons (Fsp3) is 0.762. The molecule has 2 fully saturated rings. The fourth-order valence-electron chi connectivity index (χ4n) is 3.28. The molecule has 7 nitrogen and oxygen atoms in total. The van der Waals surface area contributed by atoms with E-state index in [9.17, 15) is 4.79 Å². The highest BCUT2D eigenvalue weighted by molar-refractivity contribution is 7.09. The molecule has 1 saturated heterocycles. The van der Waals surface area contributed by atoms with E-state index >= 15 is 0 Å². The number of hydrogen-bond acceptors (Lipinski definition) is 5. The molecule has 0 aromatic carbocycles. The Morgan fingerprint density at radius 3 is 2.59 bits per heavy atom. The van der Waals surface area contributed by atoms with Gasteiger partial charge < -0.3 is 15.5 Å². The summed E-state index contributed by atoms with van der Waals surface area (Å²) in [6.45, 7) is 14.4. The highest BCUT2D eigenvalue weighted by Gasteiger charge is 2.26. The molecule has 1 aromatic rings. The number of rotatable bonds is 7. The van der Waals surface area contributed by atoms with Gasteiger partial charge in [-0.1, -0.05) is 20.8 Å². The number of hydrogen-bond donors (Lipinski definition) is 2. The van der Waals surface area contributed by atoms with Crippen molar-refractivity contribution < 1.29 is 4.79 Å². The molecule has 1 aliphatic heterocycles. The van der Waals surface area contributed by atoms with Gasteiger partial charge in [-0.05, 0) is 19.8 Å². The molecule has 0 unspecified atom stereocenters. The Labute approximate surface area is 179 Å². The lowest BCUT2D eigenvalue weighted by Crippen LogP contribution is -2.54. The van der Waals surface area contributed by atoms with Gasteiger partial charge in [0, 0.05) is 62.5 Å². The monoisotopic (exact) mass is 420 g/mol. The molecule has 0 bridgehead atoms. The maximum atomic E-state index is 12.0. The van der Waals surface area contributed by atoms with Gasteiger partial charge in [-0.3, -0.25) is 14.7 Å². The van der Waals surface area contributed by atoms with Gasteiger partial charge in [0.05, 0.1) is 17.2 Å². The predicted octanol–water partition coefficient (Wildman–Crippen LogP) is 1.84. The Balaban J connectivity index is 1.46. The molecule has 1 saturated carbocycles. The highest BCUT2D eigenvalue weighted by Crippen LogP contribution is 2.24. The van der Waals surface area contributed by atoms with Crippen LogP contribution >= 0.6 is 11.3 Å². The van der Waals surface area contributed by atoms with Gasteiger partial charge >= 0.3 is 0 Å². The minimum atomic E-state index is 0.0994. The zero-order valence-electron chi connectivity index (χ0n) is 18.3. The highest BCUT2D eigenvalue weighted by atomic mass is 32.1. The van der Waals surface area contributed by atoms with Crippen molar-refractivity contribution in [2.75, 3.05) is 45.8 Å². The quantitative estimate of drug-likeness (QED) is 0.520. The van der Waals surface area contributed by atoms with Gasteiger partial charge in [-0.2, -0.15) is 0 Å². The third kappa shape index (κ3) is 6.96. The van der Waals surface area contributed by atoms with Crippen LogP contribution in [0.5, 0.6) is 0 Å². The summed E-state index contributed by atoms with van der Waals surface area (Å²) in [6.07, 6.45) is 3.15. The van der Waals surface area contributed by atoms with Gasteiger partial charge in [-0.15, -0.1) is 11.3 Å². The Kier molecular flexibility index (Phi) is 7.51. The SMILES string of the molecule is CCNC(=NCCc1nc(C(C)(C)C)cs1)N1CCN(CC(=O)NC2CC2)CC1. The Bertz CT molecular complexity index is 698. The van der Waals surface area contributed by atoms with Crippen LogP contribution in [-0.2, 0) is 16.6 Å².